The molecule has 0 bridgehead atoms. The van der Waals surface area contributed by atoms with Gasteiger partial charge < -0.3 is 9.15 Å². The van der Waals surface area contributed by atoms with E-state index in [1.807, 2.05) is 24.3 Å². The molecule has 1 heterocycles. The van der Waals surface area contributed by atoms with Crippen molar-refractivity contribution in [3.63, 3.8) is 0 Å². The van der Waals surface area contributed by atoms with Gasteiger partial charge in [0.2, 0.25) is 0 Å². The molecule has 0 saturated carbocycles. The highest BCUT2D eigenvalue weighted by Gasteiger charge is 2.10. The standard InChI is InChI=1S/C12H10O3S/c1-14-9-4-6-10(7-5-9)16-12(13)11-3-2-8-15-11/h2-8H,1H3. The maximum absolute atomic E-state index is 11.7. The lowest BCUT2D eigenvalue weighted by atomic mass is 10.3. The fraction of sp³-hybridized carbons (Fsp3) is 0.0833. The van der Waals surface area contributed by atoms with E-state index in [-0.39, 0.29) is 5.12 Å². The Hall–Kier alpha value is -1.68. The van der Waals surface area contributed by atoms with E-state index >= 15 is 0 Å². The second kappa shape index (κ2) is 4.90. The van der Waals surface area contributed by atoms with Gasteiger partial charge >= 0.3 is 0 Å². The van der Waals surface area contributed by atoms with E-state index < -0.39 is 0 Å². The first kappa shape index (κ1) is 10.8. The van der Waals surface area contributed by atoms with Crippen LogP contribution < -0.4 is 4.74 Å². The minimum Gasteiger partial charge on any atom is -0.497 e. The van der Waals surface area contributed by atoms with Gasteiger partial charge in [-0.2, -0.15) is 0 Å². The first-order valence-electron chi connectivity index (χ1n) is 4.69. The van der Waals surface area contributed by atoms with E-state index in [1.165, 1.54) is 6.26 Å². The Labute approximate surface area is 97.4 Å². The number of furan rings is 1. The number of methoxy groups -OCH3 is 1. The van der Waals surface area contributed by atoms with Crippen molar-refractivity contribution < 1.29 is 13.9 Å². The van der Waals surface area contributed by atoms with Crippen LogP contribution in [0.1, 0.15) is 10.6 Å². The van der Waals surface area contributed by atoms with Gasteiger partial charge in [0.25, 0.3) is 5.12 Å². The minimum atomic E-state index is -0.102. The zero-order valence-corrected chi connectivity index (χ0v) is 9.49. The number of benzene rings is 1. The first-order chi connectivity index (χ1) is 7.79. The molecule has 4 heteroatoms. The van der Waals surface area contributed by atoms with Crippen molar-refractivity contribution in [1.29, 1.82) is 0 Å². The normalized spacial score (nSPS) is 10.1. The lowest BCUT2D eigenvalue weighted by Gasteiger charge is -2.01. The molecule has 16 heavy (non-hydrogen) atoms. The van der Waals surface area contributed by atoms with Gasteiger partial charge in [-0.3, -0.25) is 4.79 Å². The van der Waals surface area contributed by atoms with Crippen molar-refractivity contribution >= 4 is 16.9 Å². The molecule has 0 fully saturated rings. The lowest BCUT2D eigenvalue weighted by Crippen LogP contribution is -1.89. The molecule has 0 atom stereocenters. The second-order valence-electron chi connectivity index (χ2n) is 3.04. The number of hydrogen-bond donors (Lipinski definition) is 0. The molecule has 0 aliphatic rings. The summed E-state index contributed by atoms with van der Waals surface area (Å²) in [6, 6.07) is 10.7. The van der Waals surface area contributed by atoms with Gasteiger partial charge in [0, 0.05) is 4.90 Å². The number of carbonyl (C=O) groups excluding carboxylic acids is 1. The van der Waals surface area contributed by atoms with Crippen molar-refractivity contribution in [3.05, 3.63) is 48.4 Å². The maximum atomic E-state index is 11.7. The second-order valence-corrected chi connectivity index (χ2v) is 4.09. The Bertz CT molecular complexity index is 460. The van der Waals surface area contributed by atoms with Crippen LogP contribution in [0.4, 0.5) is 0 Å². The summed E-state index contributed by atoms with van der Waals surface area (Å²) < 4.78 is 10.1. The minimum absolute atomic E-state index is 0.102. The summed E-state index contributed by atoms with van der Waals surface area (Å²) in [4.78, 5) is 12.5. The van der Waals surface area contributed by atoms with Crippen molar-refractivity contribution in [2.75, 3.05) is 7.11 Å². The van der Waals surface area contributed by atoms with E-state index in [9.17, 15) is 4.79 Å². The predicted octanol–water partition coefficient (Wildman–Crippen LogP) is 3.22. The summed E-state index contributed by atoms with van der Waals surface area (Å²) in [7, 11) is 1.61. The molecule has 0 saturated heterocycles. The third-order valence-corrected chi connectivity index (χ3v) is 2.89. The van der Waals surface area contributed by atoms with Gasteiger partial charge in [-0.15, -0.1) is 0 Å². The van der Waals surface area contributed by atoms with Crippen LogP contribution in [0.25, 0.3) is 0 Å². The largest absolute Gasteiger partial charge is 0.497 e. The van der Waals surface area contributed by atoms with Crippen LogP contribution in [0, 0.1) is 0 Å². The molecule has 2 aromatic rings. The number of hydrogen-bond acceptors (Lipinski definition) is 4. The summed E-state index contributed by atoms with van der Waals surface area (Å²) in [5, 5.41) is -0.102. The summed E-state index contributed by atoms with van der Waals surface area (Å²) in [5.41, 5.74) is 0. The highest BCUT2D eigenvalue weighted by molar-refractivity contribution is 8.14. The van der Waals surface area contributed by atoms with Gasteiger partial charge in [0.05, 0.1) is 13.4 Å². The topological polar surface area (TPSA) is 39.4 Å². The average molecular weight is 234 g/mol. The molecular formula is C12H10O3S. The molecule has 0 unspecified atom stereocenters. The van der Waals surface area contributed by atoms with Crippen LogP contribution in [0.3, 0.4) is 0 Å². The van der Waals surface area contributed by atoms with Crippen molar-refractivity contribution in [2.45, 2.75) is 4.90 Å². The SMILES string of the molecule is COc1ccc(SC(=O)c2ccco2)cc1. The van der Waals surface area contributed by atoms with Crippen LogP contribution in [0.15, 0.2) is 52.0 Å². The Balaban J connectivity index is 2.06. The van der Waals surface area contributed by atoms with Gasteiger partial charge in [-0.05, 0) is 48.2 Å². The molecule has 3 nitrogen and oxygen atoms in total. The van der Waals surface area contributed by atoms with Crippen LogP contribution in [-0.2, 0) is 0 Å². The molecule has 1 aromatic carbocycles. The van der Waals surface area contributed by atoms with Gasteiger partial charge in [0.1, 0.15) is 5.75 Å². The summed E-state index contributed by atoms with van der Waals surface area (Å²) in [5.74, 6) is 1.13. The van der Waals surface area contributed by atoms with Crippen LogP contribution in [0.2, 0.25) is 0 Å². The Kier molecular flexibility index (Phi) is 3.31. The summed E-state index contributed by atoms with van der Waals surface area (Å²) >= 11 is 1.13. The molecule has 82 valence electrons. The van der Waals surface area contributed by atoms with Crippen molar-refractivity contribution in [2.24, 2.45) is 0 Å². The van der Waals surface area contributed by atoms with Crippen molar-refractivity contribution in [3.8, 4) is 5.75 Å². The van der Waals surface area contributed by atoms with Crippen molar-refractivity contribution in [1.82, 2.24) is 0 Å². The fourth-order valence-electron chi connectivity index (χ4n) is 1.20. The van der Waals surface area contributed by atoms with Gasteiger partial charge in [-0.1, -0.05) is 0 Å². The number of ether oxygens (including phenoxy) is 1. The van der Waals surface area contributed by atoms with Gasteiger partial charge in [0.15, 0.2) is 5.76 Å². The fourth-order valence-corrected chi connectivity index (χ4v) is 1.90. The molecule has 0 amide bonds. The molecule has 0 aliphatic carbocycles. The molecule has 1 aromatic heterocycles. The van der Waals surface area contributed by atoms with Gasteiger partial charge in [-0.25, -0.2) is 0 Å². The third kappa shape index (κ3) is 2.46. The quantitative estimate of drug-likeness (QED) is 0.764. The Morgan fingerprint density at radius 1 is 1.25 bits per heavy atom. The van der Waals surface area contributed by atoms with E-state index in [4.69, 9.17) is 9.15 Å². The highest BCUT2D eigenvalue weighted by atomic mass is 32.2. The third-order valence-electron chi connectivity index (χ3n) is 1.99. The van der Waals surface area contributed by atoms with E-state index in [0.29, 0.717) is 5.76 Å². The first-order valence-corrected chi connectivity index (χ1v) is 5.51. The van der Waals surface area contributed by atoms with Crippen LogP contribution in [-0.4, -0.2) is 12.2 Å². The van der Waals surface area contributed by atoms with E-state index in [0.717, 1.165) is 22.4 Å². The summed E-state index contributed by atoms with van der Waals surface area (Å²) in [6.45, 7) is 0. The number of carbonyl (C=O) groups is 1. The number of rotatable bonds is 3. The Morgan fingerprint density at radius 3 is 2.56 bits per heavy atom. The average Bonchev–Trinajstić information content (AvgIpc) is 2.83. The summed E-state index contributed by atoms with van der Waals surface area (Å²) in [6.07, 6.45) is 1.49. The monoisotopic (exact) mass is 234 g/mol. The van der Waals surface area contributed by atoms with E-state index in [1.54, 1.807) is 19.2 Å². The zero-order valence-electron chi connectivity index (χ0n) is 8.67. The molecule has 2 rings (SSSR count). The van der Waals surface area contributed by atoms with E-state index in [2.05, 4.69) is 0 Å². The van der Waals surface area contributed by atoms with Crippen LogP contribution >= 0.6 is 11.8 Å². The Morgan fingerprint density at radius 2 is 2.00 bits per heavy atom. The smallest absolute Gasteiger partial charge is 0.259 e. The number of thioether (sulfide) groups is 1. The lowest BCUT2D eigenvalue weighted by molar-refractivity contribution is 0.106. The highest BCUT2D eigenvalue weighted by Crippen LogP contribution is 2.24. The molecule has 0 spiro atoms. The molecule has 0 aliphatic heterocycles. The predicted molar refractivity (Wildman–Crippen MR) is 61.9 cm³/mol. The zero-order chi connectivity index (χ0) is 11.4. The maximum Gasteiger partial charge on any atom is 0.259 e. The molecule has 0 N–H and O–H groups in total. The molecule has 0 radical (unpaired) electrons. The molecular weight excluding hydrogens is 224 g/mol. The van der Waals surface area contributed by atoms with Crippen LogP contribution in [0.5, 0.6) is 5.75 Å².